The fourth-order valence-corrected chi connectivity index (χ4v) is 2.87. The van der Waals surface area contributed by atoms with Crippen molar-refractivity contribution in [2.75, 3.05) is 40.4 Å². The minimum absolute atomic E-state index is 0.00732. The molecule has 1 aromatic rings. The first-order valence-corrected chi connectivity index (χ1v) is 7.62. The Morgan fingerprint density at radius 2 is 2.08 bits per heavy atom. The van der Waals surface area contributed by atoms with Crippen LogP contribution in [0.4, 0.5) is 13.2 Å². The average molecular weight is 346 g/mol. The molecule has 0 aliphatic carbocycles. The van der Waals surface area contributed by atoms with Crippen molar-refractivity contribution in [1.82, 2.24) is 10.2 Å². The number of hydrogen-bond acceptors (Lipinski definition) is 4. The van der Waals surface area contributed by atoms with Gasteiger partial charge in [-0.15, -0.1) is 0 Å². The molecule has 0 bridgehead atoms. The molecule has 5 nitrogen and oxygen atoms in total. The molecule has 1 aliphatic heterocycles. The molecule has 0 radical (unpaired) electrons. The van der Waals surface area contributed by atoms with E-state index in [1.807, 2.05) is 0 Å². The first-order valence-electron chi connectivity index (χ1n) is 7.62. The molecule has 0 unspecified atom stereocenters. The highest BCUT2D eigenvalue weighted by Gasteiger charge is 2.34. The van der Waals surface area contributed by atoms with Gasteiger partial charge in [-0.25, -0.2) is 0 Å². The minimum atomic E-state index is -4.19. The number of likely N-dealkylation sites (tertiary alicyclic amines) is 1. The smallest absolute Gasteiger partial charge is 0.401 e. The molecule has 1 atom stereocenters. The summed E-state index contributed by atoms with van der Waals surface area (Å²) in [5.41, 5.74) is 0.335. The molecular weight excluding hydrogens is 325 g/mol. The quantitative estimate of drug-likeness (QED) is 0.859. The van der Waals surface area contributed by atoms with Gasteiger partial charge in [0.05, 0.1) is 26.3 Å². The molecule has 1 fully saturated rings. The number of amides is 1. The van der Waals surface area contributed by atoms with E-state index < -0.39 is 12.7 Å². The summed E-state index contributed by atoms with van der Waals surface area (Å²) in [5.74, 6) is 0.456. The van der Waals surface area contributed by atoms with Gasteiger partial charge in [-0.1, -0.05) is 6.07 Å². The van der Waals surface area contributed by atoms with Gasteiger partial charge in [0.25, 0.3) is 5.91 Å². The monoisotopic (exact) mass is 346 g/mol. The molecule has 2 rings (SSSR count). The third kappa shape index (κ3) is 4.77. The van der Waals surface area contributed by atoms with Crippen LogP contribution in [0.5, 0.6) is 11.5 Å². The van der Waals surface area contributed by atoms with Crippen molar-refractivity contribution < 1.29 is 27.4 Å². The van der Waals surface area contributed by atoms with Crippen LogP contribution in [0, 0.1) is 5.92 Å². The van der Waals surface area contributed by atoms with Crippen LogP contribution in [0.15, 0.2) is 18.2 Å². The Morgan fingerprint density at radius 1 is 1.33 bits per heavy atom. The zero-order chi connectivity index (χ0) is 17.7. The molecule has 24 heavy (non-hydrogen) atoms. The Kier molecular flexibility index (Phi) is 5.93. The predicted octanol–water partition coefficient (Wildman–Crippen LogP) is 2.32. The maximum absolute atomic E-state index is 12.4. The molecule has 1 aliphatic rings. The van der Waals surface area contributed by atoms with Gasteiger partial charge in [-0.3, -0.25) is 9.69 Å². The maximum atomic E-state index is 12.4. The van der Waals surface area contributed by atoms with Crippen LogP contribution in [0.3, 0.4) is 0 Å². The first kappa shape index (κ1) is 18.4. The van der Waals surface area contributed by atoms with E-state index in [1.54, 1.807) is 18.2 Å². The van der Waals surface area contributed by atoms with Crippen LogP contribution in [0.2, 0.25) is 0 Å². The highest BCUT2D eigenvalue weighted by molar-refractivity contribution is 5.97. The zero-order valence-corrected chi connectivity index (χ0v) is 13.7. The molecule has 0 aromatic heterocycles. The van der Waals surface area contributed by atoms with Gasteiger partial charge in [0.2, 0.25) is 0 Å². The normalized spacial score (nSPS) is 18.5. The lowest BCUT2D eigenvalue weighted by atomic mass is 10.1. The summed E-state index contributed by atoms with van der Waals surface area (Å²) in [6.45, 7) is 0.145. The number of rotatable bonds is 6. The van der Waals surface area contributed by atoms with Gasteiger partial charge in [0.15, 0.2) is 11.5 Å². The standard InChI is InChI=1S/C16H21F3N2O3/c1-23-13-5-3-4-12(14(13)24-2)15(22)20-8-11-6-7-21(9-11)10-16(17,18)19/h3-5,11H,6-10H2,1-2H3,(H,20,22)/t11-/m0/s1. The summed E-state index contributed by atoms with van der Waals surface area (Å²) in [6.07, 6.45) is -3.56. The molecule has 0 spiro atoms. The van der Waals surface area contributed by atoms with E-state index in [0.29, 0.717) is 43.1 Å². The number of nitrogens with one attached hydrogen (secondary N) is 1. The number of ether oxygens (including phenoxy) is 2. The van der Waals surface area contributed by atoms with Crippen molar-refractivity contribution in [1.29, 1.82) is 0 Å². The maximum Gasteiger partial charge on any atom is 0.401 e. The van der Waals surface area contributed by atoms with Crippen LogP contribution in [-0.4, -0.2) is 57.4 Å². The fourth-order valence-electron chi connectivity index (χ4n) is 2.87. The second kappa shape index (κ2) is 7.74. The lowest BCUT2D eigenvalue weighted by Crippen LogP contribution is -2.34. The second-order valence-corrected chi connectivity index (χ2v) is 5.76. The van der Waals surface area contributed by atoms with Crippen molar-refractivity contribution in [3.63, 3.8) is 0 Å². The summed E-state index contributed by atoms with van der Waals surface area (Å²) < 4.78 is 47.5. The van der Waals surface area contributed by atoms with Gasteiger partial charge in [0.1, 0.15) is 0 Å². The summed E-state index contributed by atoms with van der Waals surface area (Å²) >= 11 is 0. The highest BCUT2D eigenvalue weighted by Crippen LogP contribution is 2.30. The van der Waals surface area contributed by atoms with Crippen molar-refractivity contribution in [2.24, 2.45) is 5.92 Å². The molecule has 134 valence electrons. The van der Waals surface area contributed by atoms with Crippen molar-refractivity contribution in [3.05, 3.63) is 23.8 Å². The largest absolute Gasteiger partial charge is 0.493 e. The molecule has 1 N–H and O–H groups in total. The Labute approximate surface area is 138 Å². The van der Waals surface area contributed by atoms with E-state index in [4.69, 9.17) is 9.47 Å². The molecule has 1 amide bonds. The Bertz CT molecular complexity index is 578. The number of nitrogens with zero attached hydrogens (tertiary/aromatic N) is 1. The molecular formula is C16H21F3N2O3. The highest BCUT2D eigenvalue weighted by atomic mass is 19.4. The van der Waals surface area contributed by atoms with Gasteiger partial charge < -0.3 is 14.8 Å². The van der Waals surface area contributed by atoms with E-state index in [-0.39, 0.29) is 11.8 Å². The number of carbonyl (C=O) groups is 1. The van der Waals surface area contributed by atoms with Crippen molar-refractivity contribution in [3.8, 4) is 11.5 Å². The van der Waals surface area contributed by atoms with E-state index in [2.05, 4.69) is 5.32 Å². The van der Waals surface area contributed by atoms with Crippen molar-refractivity contribution >= 4 is 5.91 Å². The number of para-hydroxylation sites is 1. The summed E-state index contributed by atoms with van der Waals surface area (Å²) in [6, 6.07) is 4.97. The number of methoxy groups -OCH3 is 2. The average Bonchev–Trinajstić information content (AvgIpc) is 2.97. The van der Waals surface area contributed by atoms with E-state index in [9.17, 15) is 18.0 Å². The molecule has 1 heterocycles. The van der Waals surface area contributed by atoms with Crippen LogP contribution < -0.4 is 14.8 Å². The molecule has 1 aromatic carbocycles. The number of hydrogen-bond donors (Lipinski definition) is 1. The minimum Gasteiger partial charge on any atom is -0.493 e. The van der Waals surface area contributed by atoms with Crippen LogP contribution in [0.1, 0.15) is 16.8 Å². The van der Waals surface area contributed by atoms with E-state index >= 15 is 0 Å². The molecule has 8 heteroatoms. The third-order valence-corrected chi connectivity index (χ3v) is 3.97. The number of carbonyl (C=O) groups excluding carboxylic acids is 1. The zero-order valence-electron chi connectivity index (χ0n) is 13.7. The number of alkyl halides is 3. The SMILES string of the molecule is COc1cccc(C(=O)NC[C@@H]2CCN(CC(F)(F)F)C2)c1OC. The topological polar surface area (TPSA) is 50.8 Å². The van der Waals surface area contributed by atoms with Crippen LogP contribution in [-0.2, 0) is 0 Å². The Hall–Kier alpha value is -1.96. The molecule has 1 saturated heterocycles. The second-order valence-electron chi connectivity index (χ2n) is 5.76. The van der Waals surface area contributed by atoms with Crippen molar-refractivity contribution in [2.45, 2.75) is 12.6 Å². The van der Waals surface area contributed by atoms with Crippen LogP contribution in [0.25, 0.3) is 0 Å². The first-order chi connectivity index (χ1) is 11.3. The van der Waals surface area contributed by atoms with Gasteiger partial charge in [0, 0.05) is 13.1 Å². The Balaban J connectivity index is 1.91. The van der Waals surface area contributed by atoms with Gasteiger partial charge in [-0.2, -0.15) is 13.2 Å². The lowest BCUT2D eigenvalue weighted by Gasteiger charge is -2.18. The molecule has 0 saturated carbocycles. The van der Waals surface area contributed by atoms with Gasteiger partial charge in [-0.05, 0) is 31.0 Å². The van der Waals surface area contributed by atoms with E-state index in [1.165, 1.54) is 19.1 Å². The summed E-state index contributed by atoms with van der Waals surface area (Å²) in [4.78, 5) is 13.7. The van der Waals surface area contributed by atoms with Crippen LogP contribution >= 0.6 is 0 Å². The number of halogens is 3. The van der Waals surface area contributed by atoms with E-state index in [0.717, 1.165) is 0 Å². The van der Waals surface area contributed by atoms with Gasteiger partial charge >= 0.3 is 6.18 Å². The lowest BCUT2D eigenvalue weighted by molar-refractivity contribution is -0.143. The Morgan fingerprint density at radius 3 is 2.71 bits per heavy atom. The third-order valence-electron chi connectivity index (χ3n) is 3.97. The predicted molar refractivity (Wildman–Crippen MR) is 82.5 cm³/mol. The summed E-state index contributed by atoms with van der Waals surface area (Å²) in [7, 11) is 2.92. The number of benzene rings is 1. The summed E-state index contributed by atoms with van der Waals surface area (Å²) in [5, 5.41) is 2.77. The fraction of sp³-hybridized carbons (Fsp3) is 0.562.